The molecule has 0 bridgehead atoms. The Morgan fingerprint density at radius 3 is 2.40 bits per heavy atom. The van der Waals surface area contributed by atoms with Crippen molar-refractivity contribution in [1.29, 1.82) is 0 Å². The van der Waals surface area contributed by atoms with E-state index in [-0.39, 0.29) is 5.75 Å². The van der Waals surface area contributed by atoms with Crippen molar-refractivity contribution in [1.82, 2.24) is 0 Å². The lowest BCUT2D eigenvalue weighted by Gasteiger charge is -1.94. The summed E-state index contributed by atoms with van der Waals surface area (Å²) in [5.74, 6) is 0.267. The Labute approximate surface area is 60.6 Å². The van der Waals surface area contributed by atoms with Crippen LogP contribution in [-0.4, -0.2) is 4.21 Å². The fraction of sp³-hybridized carbons (Fsp3) is 0. The van der Waals surface area contributed by atoms with Gasteiger partial charge in [-0.25, -0.2) is 0 Å². The van der Waals surface area contributed by atoms with Gasteiger partial charge in [0.1, 0.15) is 5.75 Å². The van der Waals surface area contributed by atoms with Crippen molar-refractivity contribution in [3.63, 3.8) is 0 Å². The first-order chi connectivity index (χ1) is 4.79. The Balaban J connectivity index is 2.67. The van der Waals surface area contributed by atoms with Crippen LogP contribution in [0.1, 0.15) is 0 Å². The molecule has 0 fully saturated rings. The van der Waals surface area contributed by atoms with E-state index < -0.39 is 11.5 Å². The quantitative estimate of drug-likeness (QED) is 0.614. The van der Waals surface area contributed by atoms with Crippen LogP contribution in [0, 0.1) is 0 Å². The van der Waals surface area contributed by atoms with Crippen molar-refractivity contribution < 1.29 is 12.3 Å². The van der Waals surface area contributed by atoms with Crippen LogP contribution in [0.25, 0.3) is 0 Å². The van der Waals surface area contributed by atoms with E-state index in [4.69, 9.17) is 0 Å². The summed E-state index contributed by atoms with van der Waals surface area (Å²) in [6.45, 7) is 0. The molecule has 1 aromatic carbocycles. The summed E-state index contributed by atoms with van der Waals surface area (Å²) in [4.78, 5) is 0. The molecule has 0 heterocycles. The summed E-state index contributed by atoms with van der Waals surface area (Å²) in [7, 11) is 0. The van der Waals surface area contributed by atoms with Gasteiger partial charge in [-0.3, -0.25) is 0 Å². The third-order valence-electron chi connectivity index (χ3n) is 0.905. The highest BCUT2D eigenvalue weighted by atomic mass is 32.2. The van der Waals surface area contributed by atoms with Crippen molar-refractivity contribution in [3.8, 4) is 5.75 Å². The first kappa shape index (κ1) is 7.21. The third-order valence-corrected chi connectivity index (χ3v) is 1.23. The van der Waals surface area contributed by atoms with E-state index in [1.54, 1.807) is 18.2 Å². The predicted molar refractivity (Wildman–Crippen MR) is 36.3 cm³/mol. The van der Waals surface area contributed by atoms with E-state index in [2.05, 4.69) is 4.18 Å². The van der Waals surface area contributed by atoms with Gasteiger partial charge in [0.2, 0.25) is 0 Å². The van der Waals surface area contributed by atoms with Gasteiger partial charge in [-0.15, -0.1) is 0 Å². The number of hydrogen-bond acceptors (Lipinski definition) is 2. The van der Waals surface area contributed by atoms with Crippen LogP contribution in [0.3, 0.4) is 0 Å². The average Bonchev–Trinajstić information content (AvgIpc) is 1.88. The zero-order valence-electron chi connectivity index (χ0n) is 4.99. The Bertz CT molecular complexity index is 224. The van der Waals surface area contributed by atoms with Crippen LogP contribution >= 0.6 is 0 Å². The van der Waals surface area contributed by atoms with E-state index >= 15 is 0 Å². The van der Waals surface area contributed by atoms with Gasteiger partial charge >= 0.3 is 11.5 Å². The zero-order valence-corrected chi connectivity index (χ0v) is 5.81. The summed E-state index contributed by atoms with van der Waals surface area (Å²) in [5.41, 5.74) is 0. The normalized spacial score (nSPS) is 12.5. The molecule has 54 valence electrons. The first-order valence-corrected chi connectivity index (χ1v) is 3.58. The van der Waals surface area contributed by atoms with E-state index in [1.807, 2.05) is 0 Å². The summed E-state index contributed by atoms with van der Waals surface area (Å²) >= 11 is -2.72. The fourth-order valence-corrected chi connectivity index (χ4v) is 0.814. The molecule has 0 aliphatic carbocycles. The van der Waals surface area contributed by atoms with Gasteiger partial charge in [-0.2, -0.15) is 4.21 Å². The number of para-hydroxylation sites is 1. The third kappa shape index (κ3) is 2.14. The van der Waals surface area contributed by atoms with Gasteiger partial charge in [-0.1, -0.05) is 22.1 Å². The van der Waals surface area contributed by atoms with Gasteiger partial charge < -0.3 is 4.18 Å². The van der Waals surface area contributed by atoms with Crippen LogP contribution < -0.4 is 4.18 Å². The molecule has 0 saturated carbocycles. The maximum absolute atomic E-state index is 11.6. The second-order valence-electron chi connectivity index (χ2n) is 1.59. The summed E-state index contributed by atoms with van der Waals surface area (Å²) in [6.07, 6.45) is 0. The Morgan fingerprint density at radius 1 is 1.30 bits per heavy atom. The molecule has 0 saturated heterocycles. The highest BCUT2D eigenvalue weighted by Crippen LogP contribution is 2.09. The lowest BCUT2D eigenvalue weighted by Crippen LogP contribution is -1.90. The van der Waals surface area contributed by atoms with Crippen LogP contribution in [0.4, 0.5) is 3.89 Å². The fourth-order valence-electron chi connectivity index (χ4n) is 0.552. The van der Waals surface area contributed by atoms with Crippen molar-refractivity contribution in [2.45, 2.75) is 0 Å². The Morgan fingerprint density at radius 2 is 1.90 bits per heavy atom. The molecule has 10 heavy (non-hydrogen) atoms. The second kappa shape index (κ2) is 3.31. The molecule has 1 aromatic rings. The topological polar surface area (TPSA) is 26.3 Å². The highest BCUT2D eigenvalue weighted by Gasteiger charge is 1.95. The molecule has 0 spiro atoms. The van der Waals surface area contributed by atoms with Crippen LogP contribution in [0.5, 0.6) is 5.75 Å². The molecule has 0 aromatic heterocycles. The van der Waals surface area contributed by atoms with Crippen LogP contribution in [0.2, 0.25) is 0 Å². The lowest BCUT2D eigenvalue weighted by atomic mass is 10.3. The predicted octanol–water partition coefficient (Wildman–Crippen LogP) is 1.61. The molecular weight excluding hydrogens is 155 g/mol. The Kier molecular flexibility index (Phi) is 2.39. The maximum Gasteiger partial charge on any atom is 0.401 e. The molecule has 0 aliphatic heterocycles. The van der Waals surface area contributed by atoms with E-state index in [1.165, 1.54) is 12.1 Å². The SMILES string of the molecule is O=S(F)Oc1ccccc1. The molecule has 1 unspecified atom stereocenters. The molecule has 4 heteroatoms. The van der Waals surface area contributed by atoms with Crippen molar-refractivity contribution in [2.24, 2.45) is 0 Å². The average molecular weight is 160 g/mol. The number of rotatable bonds is 2. The molecule has 1 atom stereocenters. The zero-order chi connectivity index (χ0) is 7.40. The maximum atomic E-state index is 11.6. The Hall–Kier alpha value is -0.900. The molecule has 0 amide bonds. The number of hydrogen-bond donors (Lipinski definition) is 0. The second-order valence-corrected chi connectivity index (χ2v) is 2.15. The summed E-state index contributed by atoms with van der Waals surface area (Å²) in [6, 6.07) is 8.15. The molecular formula is C6H5FO2S. The smallest absolute Gasteiger partial charge is 0.377 e. The van der Waals surface area contributed by atoms with Gasteiger partial charge in [0, 0.05) is 0 Å². The van der Waals surface area contributed by atoms with E-state index in [9.17, 15) is 8.09 Å². The van der Waals surface area contributed by atoms with Gasteiger partial charge in [0.25, 0.3) is 0 Å². The van der Waals surface area contributed by atoms with Crippen molar-refractivity contribution >= 4 is 11.5 Å². The lowest BCUT2D eigenvalue weighted by molar-refractivity contribution is 0.519. The summed E-state index contributed by atoms with van der Waals surface area (Å²) < 4.78 is 25.7. The number of halogens is 1. The van der Waals surface area contributed by atoms with Crippen molar-refractivity contribution in [3.05, 3.63) is 30.3 Å². The first-order valence-electron chi connectivity index (χ1n) is 2.60. The number of benzene rings is 1. The van der Waals surface area contributed by atoms with Gasteiger partial charge in [0.05, 0.1) is 0 Å². The molecule has 0 N–H and O–H groups in total. The van der Waals surface area contributed by atoms with Gasteiger partial charge in [0.15, 0.2) is 0 Å². The summed E-state index contributed by atoms with van der Waals surface area (Å²) in [5, 5.41) is 0. The minimum Gasteiger partial charge on any atom is -0.377 e. The van der Waals surface area contributed by atoms with Crippen LogP contribution in [0.15, 0.2) is 30.3 Å². The van der Waals surface area contributed by atoms with Crippen molar-refractivity contribution in [2.75, 3.05) is 0 Å². The standard InChI is InChI=1S/C6H5FO2S/c7-10(8)9-6-4-2-1-3-5-6/h1-5H. The van der Waals surface area contributed by atoms with Crippen LogP contribution in [-0.2, 0) is 11.5 Å². The van der Waals surface area contributed by atoms with Gasteiger partial charge in [-0.05, 0) is 12.1 Å². The minimum absolute atomic E-state index is 0.267. The monoisotopic (exact) mass is 160 g/mol. The molecule has 2 nitrogen and oxygen atoms in total. The largest absolute Gasteiger partial charge is 0.401 e. The minimum atomic E-state index is -2.72. The molecule has 0 radical (unpaired) electrons. The molecule has 0 aliphatic rings. The highest BCUT2D eigenvalue weighted by molar-refractivity contribution is 7.75. The van der Waals surface area contributed by atoms with E-state index in [0.29, 0.717) is 0 Å². The molecule has 1 rings (SSSR count). The van der Waals surface area contributed by atoms with E-state index in [0.717, 1.165) is 0 Å².